The van der Waals surface area contributed by atoms with E-state index < -0.39 is 41.2 Å². The highest BCUT2D eigenvalue weighted by Gasteiger charge is 2.36. The Morgan fingerprint density at radius 2 is 1.74 bits per heavy atom. The highest BCUT2D eigenvalue weighted by Crippen LogP contribution is 2.50. The average Bonchev–Trinajstić information content (AvgIpc) is 3.34. The van der Waals surface area contributed by atoms with E-state index >= 15 is 0 Å². The second kappa shape index (κ2) is 10.5. The molecule has 1 aromatic heterocycles. The van der Waals surface area contributed by atoms with Gasteiger partial charge in [0.2, 0.25) is 0 Å². The molecule has 0 saturated carbocycles. The molecule has 0 radical (unpaired) electrons. The second-order valence-corrected chi connectivity index (χ2v) is 8.95. The number of aromatic hydroxyl groups is 3. The van der Waals surface area contributed by atoms with E-state index in [-0.39, 0.29) is 41.0 Å². The van der Waals surface area contributed by atoms with E-state index in [9.17, 15) is 29.7 Å². The minimum atomic E-state index is -0.971. The Kier molecular flexibility index (Phi) is 7.36. The van der Waals surface area contributed by atoms with Gasteiger partial charge in [-0.05, 0) is 37.6 Å². The van der Waals surface area contributed by atoms with E-state index in [2.05, 4.69) is 4.98 Å². The number of aromatic nitrogens is 1. The predicted octanol–water partition coefficient (Wildman–Crippen LogP) is 3.81. The maximum Gasteiger partial charge on any atom is 0.337 e. The fourth-order valence-corrected chi connectivity index (χ4v) is 4.67. The van der Waals surface area contributed by atoms with Gasteiger partial charge < -0.3 is 29.5 Å². The van der Waals surface area contributed by atoms with Gasteiger partial charge in [-0.15, -0.1) is 0 Å². The molecule has 0 aliphatic carbocycles. The van der Waals surface area contributed by atoms with Crippen LogP contribution in [-0.4, -0.2) is 52.2 Å². The number of phenols is 2. The number of fused-ring (bicyclic) bond motifs is 1. The number of aryl methyl sites for hydroxylation is 1. The van der Waals surface area contributed by atoms with Crippen molar-refractivity contribution in [2.24, 2.45) is 0 Å². The molecular weight excluding hydrogens is 494 g/mol. The van der Waals surface area contributed by atoms with Crippen molar-refractivity contribution in [2.75, 3.05) is 14.2 Å². The number of esters is 2. The normalized spacial score (nSPS) is 15.0. The third-order valence-electron chi connectivity index (χ3n) is 6.71. The molecule has 1 aliphatic rings. The van der Waals surface area contributed by atoms with E-state index in [4.69, 9.17) is 14.2 Å². The summed E-state index contributed by atoms with van der Waals surface area (Å²) in [5.41, 5.74) is 2.02. The highest BCUT2D eigenvalue weighted by molar-refractivity contribution is 5.98. The van der Waals surface area contributed by atoms with Crippen LogP contribution in [0.5, 0.6) is 17.2 Å². The maximum absolute atomic E-state index is 12.6. The number of carbonyl (C=O) groups is 3. The van der Waals surface area contributed by atoms with Gasteiger partial charge in [-0.25, -0.2) is 4.79 Å². The second-order valence-electron chi connectivity index (χ2n) is 8.95. The first kappa shape index (κ1) is 26.6. The molecule has 198 valence electrons. The summed E-state index contributed by atoms with van der Waals surface area (Å²) in [6, 6.07) is 7.40. The van der Waals surface area contributed by atoms with Crippen LogP contribution in [0.1, 0.15) is 79.6 Å². The molecule has 3 N–H and O–H groups in total. The summed E-state index contributed by atoms with van der Waals surface area (Å²) < 4.78 is 15.5. The summed E-state index contributed by atoms with van der Waals surface area (Å²) in [5, 5.41) is 33.5. The number of ether oxygens (including phenoxy) is 3. The number of ketones is 1. The number of benzene rings is 2. The van der Waals surface area contributed by atoms with E-state index in [0.29, 0.717) is 22.4 Å². The Bertz CT molecular complexity index is 1430. The summed E-state index contributed by atoms with van der Waals surface area (Å²) >= 11 is 0. The fraction of sp³-hybridized carbons (Fsp3) is 0.286. The van der Waals surface area contributed by atoms with Crippen LogP contribution in [0.2, 0.25) is 0 Å². The molecule has 0 saturated heterocycles. The summed E-state index contributed by atoms with van der Waals surface area (Å²) in [6.07, 6.45) is 0.300. The summed E-state index contributed by atoms with van der Waals surface area (Å²) in [7, 11) is 2.46. The van der Waals surface area contributed by atoms with Crippen molar-refractivity contribution in [3.63, 3.8) is 0 Å². The van der Waals surface area contributed by atoms with Gasteiger partial charge in [-0.1, -0.05) is 12.1 Å². The molecule has 2 atom stereocenters. The zero-order valence-electron chi connectivity index (χ0n) is 21.3. The van der Waals surface area contributed by atoms with Crippen LogP contribution >= 0.6 is 0 Å². The van der Waals surface area contributed by atoms with Crippen LogP contribution in [0.25, 0.3) is 0 Å². The molecule has 0 amide bonds. The SMILES string of the molecule is COC(=O)C[C@@H](c1ccc(C(=O)OC)cc1)c1c(O)c(C(C)=O)cc([C@H]2OCc3cnc(C)c(O)c32)c1O. The number of rotatable bonds is 7. The van der Waals surface area contributed by atoms with Crippen molar-refractivity contribution in [2.45, 2.75) is 38.9 Å². The zero-order valence-corrected chi connectivity index (χ0v) is 21.3. The first-order valence-corrected chi connectivity index (χ1v) is 11.7. The number of phenolic OH excluding ortho intramolecular Hbond substituents is 2. The molecule has 0 fully saturated rings. The molecule has 0 unspecified atom stereocenters. The maximum atomic E-state index is 12.6. The van der Waals surface area contributed by atoms with E-state index in [1.54, 1.807) is 25.3 Å². The van der Waals surface area contributed by atoms with Gasteiger partial charge in [0.15, 0.2) is 5.78 Å². The molecule has 0 bridgehead atoms. The van der Waals surface area contributed by atoms with Gasteiger partial charge in [0.05, 0.1) is 44.1 Å². The lowest BCUT2D eigenvalue weighted by molar-refractivity contribution is -0.140. The lowest BCUT2D eigenvalue weighted by atomic mass is 9.82. The van der Waals surface area contributed by atoms with E-state index in [0.717, 1.165) is 0 Å². The molecule has 4 rings (SSSR count). The molecule has 3 aromatic rings. The lowest BCUT2D eigenvalue weighted by Crippen LogP contribution is -2.14. The van der Waals surface area contributed by atoms with Crippen LogP contribution in [0.4, 0.5) is 0 Å². The minimum Gasteiger partial charge on any atom is -0.507 e. The number of carbonyl (C=O) groups excluding carboxylic acids is 3. The quantitative estimate of drug-likeness (QED) is 0.309. The molecular formula is C28H27NO9. The monoisotopic (exact) mass is 521 g/mol. The van der Waals surface area contributed by atoms with Gasteiger partial charge in [0.25, 0.3) is 0 Å². The van der Waals surface area contributed by atoms with Crippen molar-refractivity contribution in [1.29, 1.82) is 0 Å². The molecule has 1 aliphatic heterocycles. The fourth-order valence-electron chi connectivity index (χ4n) is 4.67. The minimum absolute atomic E-state index is 0.0914. The van der Waals surface area contributed by atoms with Gasteiger partial charge in [-0.2, -0.15) is 0 Å². The van der Waals surface area contributed by atoms with Crippen molar-refractivity contribution in [1.82, 2.24) is 4.98 Å². The number of Topliss-reactive ketones (excluding diaryl/α,β-unsaturated/α-hetero) is 1. The van der Waals surface area contributed by atoms with Crippen LogP contribution in [0.3, 0.4) is 0 Å². The zero-order chi connectivity index (χ0) is 27.7. The van der Waals surface area contributed by atoms with Crippen molar-refractivity contribution in [3.05, 3.63) is 81.2 Å². The highest BCUT2D eigenvalue weighted by atomic mass is 16.5. The molecule has 10 heteroatoms. The topological polar surface area (TPSA) is 152 Å². The summed E-state index contributed by atoms with van der Waals surface area (Å²) in [6.45, 7) is 2.99. The average molecular weight is 522 g/mol. The van der Waals surface area contributed by atoms with Crippen molar-refractivity contribution < 1.29 is 43.9 Å². The van der Waals surface area contributed by atoms with Crippen LogP contribution in [0.15, 0.2) is 36.5 Å². The smallest absolute Gasteiger partial charge is 0.337 e. The van der Waals surface area contributed by atoms with Crippen LogP contribution in [-0.2, 0) is 25.6 Å². The van der Waals surface area contributed by atoms with Crippen LogP contribution in [0, 0.1) is 6.92 Å². The third kappa shape index (κ3) is 4.66. The van der Waals surface area contributed by atoms with Crippen molar-refractivity contribution >= 4 is 17.7 Å². The Morgan fingerprint density at radius 1 is 1.05 bits per heavy atom. The van der Waals surface area contributed by atoms with Crippen LogP contribution < -0.4 is 0 Å². The Hall–Kier alpha value is -4.44. The van der Waals surface area contributed by atoms with Gasteiger partial charge in [0.1, 0.15) is 23.4 Å². The molecule has 0 spiro atoms. The van der Waals surface area contributed by atoms with E-state index in [1.165, 1.54) is 39.3 Å². The molecule has 10 nitrogen and oxygen atoms in total. The molecule has 2 heterocycles. The largest absolute Gasteiger partial charge is 0.507 e. The predicted molar refractivity (Wildman–Crippen MR) is 133 cm³/mol. The molecule has 38 heavy (non-hydrogen) atoms. The molecule has 2 aromatic carbocycles. The number of nitrogens with zero attached hydrogens (tertiary/aromatic N) is 1. The Balaban J connectivity index is 1.95. The number of hydrogen-bond donors (Lipinski definition) is 3. The lowest BCUT2D eigenvalue weighted by Gasteiger charge is -2.24. The first-order valence-electron chi connectivity index (χ1n) is 11.7. The summed E-state index contributed by atoms with van der Waals surface area (Å²) in [4.78, 5) is 41.0. The number of pyridine rings is 1. The number of hydrogen-bond acceptors (Lipinski definition) is 10. The Labute approximate surface area is 218 Å². The van der Waals surface area contributed by atoms with Gasteiger partial charge in [0, 0.05) is 34.4 Å². The number of methoxy groups -OCH3 is 2. The standard InChI is InChI=1S/C28H27NO9/c1-13-24(32)22-17(11-29-13)12-38-27(22)20-9-18(14(2)30)25(33)23(26(20)34)19(10-21(31)36-3)15-5-7-16(8-6-15)28(35)37-4/h5-9,11,19,27,32-34H,10,12H2,1-4H3/t19-,27+/m0/s1. The van der Waals surface area contributed by atoms with Gasteiger partial charge in [-0.3, -0.25) is 14.6 Å². The van der Waals surface area contributed by atoms with E-state index in [1.807, 2.05) is 0 Å². The first-order chi connectivity index (χ1) is 18.1. The third-order valence-corrected chi connectivity index (χ3v) is 6.71. The summed E-state index contributed by atoms with van der Waals surface area (Å²) in [5.74, 6) is -3.68. The van der Waals surface area contributed by atoms with Crippen molar-refractivity contribution in [3.8, 4) is 17.2 Å². The van der Waals surface area contributed by atoms with Gasteiger partial charge >= 0.3 is 11.9 Å². The Morgan fingerprint density at radius 3 is 2.34 bits per heavy atom.